The van der Waals surface area contributed by atoms with E-state index in [-0.39, 0.29) is 23.9 Å². The summed E-state index contributed by atoms with van der Waals surface area (Å²) < 4.78 is 5.79. The van der Waals surface area contributed by atoms with E-state index in [9.17, 15) is 4.79 Å². The summed E-state index contributed by atoms with van der Waals surface area (Å²) >= 11 is 0. The van der Waals surface area contributed by atoms with Gasteiger partial charge in [-0.05, 0) is 36.8 Å². The zero-order chi connectivity index (χ0) is 17.0. The Balaban J connectivity index is 2.43. The number of amides is 1. The molecule has 4 nitrogen and oxygen atoms in total. The van der Waals surface area contributed by atoms with Crippen LogP contribution < -0.4 is 15.0 Å². The highest BCUT2D eigenvalue weighted by molar-refractivity contribution is 5.86. The molecule has 4 heteroatoms. The number of fused-ring (bicyclic) bond motifs is 1. The van der Waals surface area contributed by atoms with Crippen molar-refractivity contribution in [1.29, 1.82) is 0 Å². The molecule has 0 unspecified atom stereocenters. The molecule has 1 N–H and O–H groups in total. The number of nitrogens with zero attached hydrogens (tertiary/aromatic N) is 1. The van der Waals surface area contributed by atoms with Gasteiger partial charge in [0.05, 0.1) is 6.61 Å². The molecule has 1 heterocycles. The number of hydrogen-bond acceptors (Lipinski definition) is 3. The number of hydrogen-bond donors (Lipinski definition) is 1. The second-order valence-corrected chi connectivity index (χ2v) is 6.76. The molecule has 1 amide bonds. The fraction of sp³-hybridized carbons (Fsp3) is 0.632. The first-order chi connectivity index (χ1) is 11.0. The minimum Gasteiger partial charge on any atom is -0.494 e. The maximum absolute atomic E-state index is 12.7. The summed E-state index contributed by atoms with van der Waals surface area (Å²) in [6, 6.07) is 6.31. The number of rotatable bonds is 5. The van der Waals surface area contributed by atoms with Crippen LogP contribution in [-0.2, 0) is 11.2 Å². The van der Waals surface area contributed by atoms with Gasteiger partial charge in [-0.1, -0.05) is 33.8 Å². The van der Waals surface area contributed by atoms with Crippen LogP contribution in [0.15, 0.2) is 18.2 Å². The van der Waals surface area contributed by atoms with E-state index in [4.69, 9.17) is 4.74 Å². The third kappa shape index (κ3) is 3.98. The van der Waals surface area contributed by atoms with Crippen LogP contribution in [0.3, 0.4) is 0 Å². The van der Waals surface area contributed by atoms with Crippen LogP contribution >= 0.6 is 0 Å². The van der Waals surface area contributed by atoms with E-state index < -0.39 is 0 Å². The number of benzene rings is 1. The molecule has 1 aliphatic rings. The molecule has 2 atom stereocenters. The maximum atomic E-state index is 12.7. The summed E-state index contributed by atoms with van der Waals surface area (Å²) in [6.07, 6.45) is 2.79. The molecular formula is C19H30N2O2. The number of nitrogens with one attached hydrogen (secondary N) is 1. The third-order valence-electron chi connectivity index (χ3n) is 4.53. The molecule has 1 aliphatic heterocycles. The molecule has 0 aromatic heterocycles. The summed E-state index contributed by atoms with van der Waals surface area (Å²) in [7, 11) is 2.01. The van der Waals surface area contributed by atoms with Gasteiger partial charge in [0.1, 0.15) is 11.8 Å². The average Bonchev–Trinajstić information content (AvgIpc) is 2.51. The minimum atomic E-state index is -0.162. The molecule has 0 saturated heterocycles. The van der Waals surface area contributed by atoms with Crippen LogP contribution in [0.2, 0.25) is 0 Å². The van der Waals surface area contributed by atoms with Crippen LogP contribution in [0.5, 0.6) is 5.75 Å². The Kier molecular flexibility index (Phi) is 5.91. The standard InChI is InChI=1S/C19H30N2O2/c1-6-10-23-16-9-8-14-11-15(7-2)20-19(22)18(13(3)4)21(5)17(14)12-16/h8-9,12-13,15,18H,6-7,10-11H2,1-5H3,(H,20,22)/t15-,18+/m1/s1. The smallest absolute Gasteiger partial charge is 0.243 e. The third-order valence-corrected chi connectivity index (χ3v) is 4.53. The van der Waals surface area contributed by atoms with Gasteiger partial charge in [0, 0.05) is 24.8 Å². The summed E-state index contributed by atoms with van der Waals surface area (Å²) in [5, 5.41) is 3.21. The van der Waals surface area contributed by atoms with Crippen molar-refractivity contribution in [1.82, 2.24) is 5.32 Å². The van der Waals surface area contributed by atoms with Crippen molar-refractivity contribution in [2.24, 2.45) is 5.92 Å². The number of ether oxygens (including phenoxy) is 1. The lowest BCUT2D eigenvalue weighted by molar-refractivity contribution is -0.124. The molecule has 2 rings (SSSR count). The minimum absolute atomic E-state index is 0.125. The van der Waals surface area contributed by atoms with E-state index in [1.54, 1.807) is 0 Å². The van der Waals surface area contributed by atoms with Crippen molar-refractivity contribution in [3.05, 3.63) is 23.8 Å². The summed E-state index contributed by atoms with van der Waals surface area (Å²) in [4.78, 5) is 14.8. The number of likely N-dealkylation sites (N-methyl/N-ethyl adjacent to an activating group) is 1. The largest absolute Gasteiger partial charge is 0.494 e. The van der Waals surface area contributed by atoms with E-state index in [0.29, 0.717) is 6.61 Å². The molecule has 0 spiro atoms. The molecule has 23 heavy (non-hydrogen) atoms. The van der Waals surface area contributed by atoms with Crippen molar-refractivity contribution >= 4 is 11.6 Å². The van der Waals surface area contributed by atoms with Crippen molar-refractivity contribution in [2.75, 3.05) is 18.6 Å². The molecule has 1 aromatic carbocycles. The molecule has 0 fully saturated rings. The van der Waals surface area contributed by atoms with Gasteiger partial charge in [-0.3, -0.25) is 4.79 Å². The van der Waals surface area contributed by atoms with Crippen molar-refractivity contribution in [3.63, 3.8) is 0 Å². The predicted octanol–water partition coefficient (Wildman–Crippen LogP) is 3.39. The van der Waals surface area contributed by atoms with Gasteiger partial charge in [-0.15, -0.1) is 0 Å². The molecule has 1 aromatic rings. The quantitative estimate of drug-likeness (QED) is 0.905. The Morgan fingerprint density at radius 2 is 2.09 bits per heavy atom. The zero-order valence-corrected chi connectivity index (χ0v) is 15.1. The Bertz CT molecular complexity index is 542. The summed E-state index contributed by atoms with van der Waals surface area (Å²) in [5.41, 5.74) is 2.39. The van der Waals surface area contributed by atoms with Crippen LogP contribution in [0, 0.1) is 5.92 Å². The fourth-order valence-electron chi connectivity index (χ4n) is 3.28. The SMILES string of the molecule is CCCOc1ccc2c(c1)N(C)[C@@H](C(C)C)C(=O)N[C@H](CC)C2. The van der Waals surface area contributed by atoms with Gasteiger partial charge in [0.25, 0.3) is 0 Å². The number of carbonyl (C=O) groups is 1. The topological polar surface area (TPSA) is 41.6 Å². The Labute approximate surface area is 140 Å². The first-order valence-electron chi connectivity index (χ1n) is 8.76. The second kappa shape index (κ2) is 7.71. The van der Waals surface area contributed by atoms with E-state index in [1.807, 2.05) is 13.1 Å². The van der Waals surface area contributed by atoms with Crippen LogP contribution in [0.4, 0.5) is 5.69 Å². The molecule has 0 bridgehead atoms. The molecular weight excluding hydrogens is 288 g/mol. The monoisotopic (exact) mass is 318 g/mol. The lowest BCUT2D eigenvalue weighted by Crippen LogP contribution is -2.53. The van der Waals surface area contributed by atoms with Crippen LogP contribution in [0.25, 0.3) is 0 Å². The normalized spacial score (nSPS) is 21.5. The lowest BCUT2D eigenvalue weighted by Gasteiger charge is -2.37. The van der Waals surface area contributed by atoms with E-state index >= 15 is 0 Å². The molecule has 0 aliphatic carbocycles. The average molecular weight is 318 g/mol. The highest BCUT2D eigenvalue weighted by Crippen LogP contribution is 2.31. The van der Waals surface area contributed by atoms with Crippen molar-refractivity contribution in [2.45, 2.75) is 59.0 Å². The predicted molar refractivity (Wildman–Crippen MR) is 95.2 cm³/mol. The van der Waals surface area contributed by atoms with Gasteiger partial charge in [-0.25, -0.2) is 0 Å². The Hall–Kier alpha value is -1.71. The zero-order valence-electron chi connectivity index (χ0n) is 15.1. The Morgan fingerprint density at radius 1 is 1.35 bits per heavy atom. The first-order valence-corrected chi connectivity index (χ1v) is 8.76. The number of anilines is 1. The first kappa shape index (κ1) is 17.6. The summed E-state index contributed by atoms with van der Waals surface area (Å²) in [6.45, 7) is 9.14. The molecule has 0 saturated carbocycles. The van der Waals surface area contributed by atoms with Gasteiger partial charge in [-0.2, -0.15) is 0 Å². The highest BCUT2D eigenvalue weighted by Gasteiger charge is 2.32. The second-order valence-electron chi connectivity index (χ2n) is 6.76. The lowest BCUT2D eigenvalue weighted by atomic mass is 9.94. The van der Waals surface area contributed by atoms with Crippen molar-refractivity contribution < 1.29 is 9.53 Å². The summed E-state index contributed by atoms with van der Waals surface area (Å²) in [5.74, 6) is 1.25. The van der Waals surface area contributed by atoms with Gasteiger partial charge in [0.15, 0.2) is 0 Å². The fourth-order valence-corrected chi connectivity index (χ4v) is 3.28. The van der Waals surface area contributed by atoms with E-state index in [2.05, 4.69) is 50.0 Å². The van der Waals surface area contributed by atoms with Crippen molar-refractivity contribution in [3.8, 4) is 5.75 Å². The van der Waals surface area contributed by atoms with Gasteiger partial charge < -0.3 is 15.0 Å². The van der Waals surface area contributed by atoms with Gasteiger partial charge >= 0.3 is 0 Å². The van der Waals surface area contributed by atoms with E-state index in [0.717, 1.165) is 30.7 Å². The van der Waals surface area contributed by atoms with Crippen LogP contribution in [0.1, 0.15) is 46.1 Å². The van der Waals surface area contributed by atoms with Gasteiger partial charge in [0.2, 0.25) is 5.91 Å². The number of carbonyl (C=O) groups excluding carboxylic acids is 1. The molecule has 128 valence electrons. The Morgan fingerprint density at radius 3 is 2.70 bits per heavy atom. The highest BCUT2D eigenvalue weighted by atomic mass is 16.5. The molecule has 0 radical (unpaired) electrons. The van der Waals surface area contributed by atoms with E-state index in [1.165, 1.54) is 5.56 Å². The maximum Gasteiger partial charge on any atom is 0.243 e. The van der Waals surface area contributed by atoms with Crippen LogP contribution in [-0.4, -0.2) is 31.6 Å².